The second kappa shape index (κ2) is 6.55. The van der Waals surface area contributed by atoms with Gasteiger partial charge < -0.3 is 14.4 Å². The van der Waals surface area contributed by atoms with E-state index in [4.69, 9.17) is 9.47 Å². The number of hydrogen-bond donors (Lipinski definition) is 0. The fraction of sp³-hybridized carbons (Fsp3) is 0.579. The highest BCUT2D eigenvalue weighted by atomic mass is 16.5. The van der Waals surface area contributed by atoms with E-state index in [1.54, 1.807) is 0 Å². The molecular formula is C19H23NO4. The lowest BCUT2D eigenvalue weighted by Crippen LogP contribution is -2.27. The highest BCUT2D eigenvalue weighted by Gasteiger charge is 2.39. The van der Waals surface area contributed by atoms with E-state index < -0.39 is 0 Å². The van der Waals surface area contributed by atoms with Crippen LogP contribution >= 0.6 is 0 Å². The summed E-state index contributed by atoms with van der Waals surface area (Å²) in [5.41, 5.74) is 1.78. The normalized spacial score (nSPS) is 26.8. The average molecular weight is 329 g/mol. The molecule has 2 unspecified atom stereocenters. The number of amides is 1. The summed E-state index contributed by atoms with van der Waals surface area (Å²) in [6, 6.07) is 8.08. The summed E-state index contributed by atoms with van der Waals surface area (Å²) in [4.78, 5) is 26.1. The van der Waals surface area contributed by atoms with Gasteiger partial charge in [-0.2, -0.15) is 0 Å². The van der Waals surface area contributed by atoms with Crippen LogP contribution in [-0.4, -0.2) is 49.2 Å². The molecule has 2 atom stereocenters. The zero-order valence-corrected chi connectivity index (χ0v) is 13.8. The zero-order valence-electron chi connectivity index (χ0n) is 13.8. The van der Waals surface area contributed by atoms with E-state index in [0.717, 1.165) is 39.0 Å². The van der Waals surface area contributed by atoms with E-state index in [-0.39, 0.29) is 17.8 Å². The topological polar surface area (TPSA) is 55.8 Å². The van der Waals surface area contributed by atoms with Crippen LogP contribution in [0.15, 0.2) is 24.3 Å². The van der Waals surface area contributed by atoms with Gasteiger partial charge in [-0.25, -0.2) is 4.79 Å². The van der Waals surface area contributed by atoms with Crippen LogP contribution in [0.25, 0.3) is 0 Å². The van der Waals surface area contributed by atoms with Crippen LogP contribution in [0.2, 0.25) is 0 Å². The number of nitrogens with zero attached hydrogens (tertiary/aromatic N) is 1. The van der Waals surface area contributed by atoms with Crippen molar-refractivity contribution in [2.75, 3.05) is 26.4 Å². The molecule has 2 aliphatic heterocycles. The Morgan fingerprint density at radius 1 is 1.21 bits per heavy atom. The minimum Gasteiger partial charge on any atom is -0.462 e. The van der Waals surface area contributed by atoms with E-state index in [2.05, 4.69) is 0 Å². The zero-order chi connectivity index (χ0) is 16.5. The van der Waals surface area contributed by atoms with Crippen molar-refractivity contribution in [2.45, 2.75) is 37.6 Å². The van der Waals surface area contributed by atoms with Gasteiger partial charge in [0, 0.05) is 37.5 Å². The molecule has 5 nitrogen and oxygen atoms in total. The summed E-state index contributed by atoms with van der Waals surface area (Å²) < 4.78 is 10.8. The first-order valence-electron chi connectivity index (χ1n) is 8.85. The highest BCUT2D eigenvalue weighted by Crippen LogP contribution is 2.32. The number of benzene rings is 1. The summed E-state index contributed by atoms with van der Waals surface area (Å²) >= 11 is 0. The summed E-state index contributed by atoms with van der Waals surface area (Å²) in [7, 11) is 0. The van der Waals surface area contributed by atoms with Crippen LogP contribution in [0.3, 0.4) is 0 Å². The van der Waals surface area contributed by atoms with Gasteiger partial charge in [-0.3, -0.25) is 4.79 Å². The van der Waals surface area contributed by atoms with Gasteiger partial charge in [0.15, 0.2) is 0 Å². The third kappa shape index (κ3) is 3.31. The third-order valence-electron chi connectivity index (χ3n) is 5.22. The molecule has 128 valence electrons. The van der Waals surface area contributed by atoms with Crippen molar-refractivity contribution in [3.05, 3.63) is 35.4 Å². The molecule has 4 rings (SSSR count). The molecule has 2 saturated heterocycles. The molecule has 1 amide bonds. The molecule has 2 heterocycles. The second-order valence-electron chi connectivity index (χ2n) is 7.13. The van der Waals surface area contributed by atoms with E-state index >= 15 is 0 Å². The third-order valence-corrected chi connectivity index (χ3v) is 5.22. The molecule has 0 N–H and O–H groups in total. The maximum atomic E-state index is 12.2. The number of carbonyl (C=O) groups is 2. The van der Waals surface area contributed by atoms with Crippen molar-refractivity contribution >= 4 is 11.9 Å². The molecule has 24 heavy (non-hydrogen) atoms. The standard InChI is InChI=1S/C19H23NO4/c21-18-9-13(10-20(18)17-5-6-17)11-24-19(22)15-3-1-14(2-4-15)16-7-8-23-12-16/h1-4,13,16-17H,5-12H2. The summed E-state index contributed by atoms with van der Waals surface area (Å²) in [6.45, 7) is 2.63. The summed E-state index contributed by atoms with van der Waals surface area (Å²) in [5, 5.41) is 0. The molecule has 0 aromatic heterocycles. The highest BCUT2D eigenvalue weighted by molar-refractivity contribution is 5.89. The fourth-order valence-corrected chi connectivity index (χ4v) is 3.62. The molecule has 0 bridgehead atoms. The molecule has 1 saturated carbocycles. The molecular weight excluding hydrogens is 306 g/mol. The van der Waals surface area contributed by atoms with Crippen LogP contribution in [0.1, 0.15) is 47.5 Å². The Kier molecular flexibility index (Phi) is 4.27. The molecule has 0 radical (unpaired) electrons. The lowest BCUT2D eigenvalue weighted by Gasteiger charge is -2.15. The average Bonchev–Trinajstić information content (AvgIpc) is 3.15. The van der Waals surface area contributed by atoms with E-state index in [1.165, 1.54) is 5.56 Å². The Labute approximate surface area is 141 Å². The van der Waals surface area contributed by atoms with Crippen molar-refractivity contribution < 1.29 is 19.1 Å². The minimum absolute atomic E-state index is 0.136. The monoisotopic (exact) mass is 329 g/mol. The van der Waals surface area contributed by atoms with Gasteiger partial charge in [-0.15, -0.1) is 0 Å². The van der Waals surface area contributed by atoms with Crippen molar-refractivity contribution in [3.8, 4) is 0 Å². The molecule has 1 aromatic carbocycles. The second-order valence-corrected chi connectivity index (χ2v) is 7.13. The summed E-state index contributed by atoms with van der Waals surface area (Å²) in [5.74, 6) is 0.480. The molecule has 3 aliphatic rings. The molecule has 5 heteroatoms. The number of likely N-dealkylation sites (tertiary alicyclic amines) is 1. The minimum atomic E-state index is -0.304. The van der Waals surface area contributed by atoms with Crippen LogP contribution in [-0.2, 0) is 14.3 Å². The largest absolute Gasteiger partial charge is 0.462 e. The molecule has 0 spiro atoms. The quantitative estimate of drug-likeness (QED) is 0.778. The Morgan fingerprint density at radius 2 is 2.00 bits per heavy atom. The number of rotatable bonds is 5. The fourth-order valence-electron chi connectivity index (χ4n) is 3.62. The van der Waals surface area contributed by atoms with Gasteiger partial charge in [0.1, 0.15) is 0 Å². The van der Waals surface area contributed by atoms with Crippen LogP contribution in [0, 0.1) is 5.92 Å². The number of carbonyl (C=O) groups excluding carboxylic acids is 2. The number of hydrogen-bond acceptors (Lipinski definition) is 4. The van der Waals surface area contributed by atoms with Crippen LogP contribution in [0.4, 0.5) is 0 Å². The van der Waals surface area contributed by atoms with E-state index in [0.29, 0.717) is 30.6 Å². The van der Waals surface area contributed by atoms with Gasteiger partial charge in [-0.1, -0.05) is 12.1 Å². The van der Waals surface area contributed by atoms with Gasteiger partial charge in [0.2, 0.25) is 5.91 Å². The van der Waals surface area contributed by atoms with Gasteiger partial charge >= 0.3 is 5.97 Å². The Balaban J connectivity index is 1.29. The maximum Gasteiger partial charge on any atom is 0.338 e. The lowest BCUT2D eigenvalue weighted by molar-refractivity contribution is -0.128. The first kappa shape index (κ1) is 15.6. The predicted octanol–water partition coefficient (Wildman–Crippen LogP) is 2.36. The first-order valence-corrected chi connectivity index (χ1v) is 8.85. The Morgan fingerprint density at radius 3 is 2.67 bits per heavy atom. The number of esters is 1. The van der Waals surface area contributed by atoms with Gasteiger partial charge in [0.25, 0.3) is 0 Å². The number of ether oxygens (including phenoxy) is 2. The SMILES string of the molecule is O=C(OCC1CC(=O)N(C2CC2)C1)c1ccc(C2CCOC2)cc1. The van der Waals surface area contributed by atoms with Gasteiger partial charge in [0.05, 0.1) is 18.8 Å². The molecule has 1 aromatic rings. The van der Waals surface area contributed by atoms with Crippen molar-refractivity contribution in [3.63, 3.8) is 0 Å². The van der Waals surface area contributed by atoms with Crippen molar-refractivity contribution in [2.24, 2.45) is 5.92 Å². The maximum absolute atomic E-state index is 12.2. The molecule has 3 fully saturated rings. The Hall–Kier alpha value is -1.88. The van der Waals surface area contributed by atoms with Crippen molar-refractivity contribution in [1.29, 1.82) is 0 Å². The first-order chi connectivity index (χ1) is 11.7. The van der Waals surface area contributed by atoms with Crippen molar-refractivity contribution in [1.82, 2.24) is 4.90 Å². The van der Waals surface area contributed by atoms with E-state index in [9.17, 15) is 9.59 Å². The predicted molar refractivity (Wildman–Crippen MR) is 87.7 cm³/mol. The van der Waals surface area contributed by atoms with Gasteiger partial charge in [-0.05, 0) is 37.0 Å². The smallest absolute Gasteiger partial charge is 0.338 e. The Bertz CT molecular complexity index is 617. The summed E-state index contributed by atoms with van der Waals surface area (Å²) in [6.07, 6.45) is 3.79. The van der Waals surface area contributed by atoms with Crippen LogP contribution < -0.4 is 0 Å². The van der Waals surface area contributed by atoms with Crippen LogP contribution in [0.5, 0.6) is 0 Å². The lowest BCUT2D eigenvalue weighted by atomic mass is 9.97. The van der Waals surface area contributed by atoms with E-state index in [1.807, 2.05) is 29.2 Å². The molecule has 1 aliphatic carbocycles.